The lowest BCUT2D eigenvalue weighted by molar-refractivity contribution is -0.126. The summed E-state index contributed by atoms with van der Waals surface area (Å²) in [6.45, 7) is 3.36. The highest BCUT2D eigenvalue weighted by Gasteiger charge is 2.24. The largest absolute Gasteiger partial charge is 0.350 e. The number of benzene rings is 1. The van der Waals surface area contributed by atoms with E-state index in [9.17, 15) is 13.6 Å². The molecule has 0 aliphatic heterocycles. The van der Waals surface area contributed by atoms with E-state index >= 15 is 0 Å². The Morgan fingerprint density at radius 2 is 2.00 bits per heavy atom. The molecule has 1 rings (SSSR count). The SMILES string of the molecule is CNC(C)(C)C(=O)NCc1cc(F)ccc1F. The summed E-state index contributed by atoms with van der Waals surface area (Å²) < 4.78 is 26.1. The highest BCUT2D eigenvalue weighted by atomic mass is 19.1. The fourth-order valence-corrected chi connectivity index (χ4v) is 1.19. The molecule has 0 aliphatic rings. The van der Waals surface area contributed by atoms with Crippen molar-refractivity contribution in [2.24, 2.45) is 0 Å². The fraction of sp³-hybridized carbons (Fsp3) is 0.417. The van der Waals surface area contributed by atoms with E-state index in [-0.39, 0.29) is 18.0 Å². The number of amides is 1. The smallest absolute Gasteiger partial charge is 0.239 e. The van der Waals surface area contributed by atoms with Crippen molar-refractivity contribution >= 4 is 5.91 Å². The summed E-state index contributed by atoms with van der Waals surface area (Å²) in [5.41, 5.74) is -0.616. The Hall–Kier alpha value is -1.49. The molecule has 0 aliphatic carbocycles. The molecule has 0 radical (unpaired) electrons. The highest BCUT2D eigenvalue weighted by molar-refractivity contribution is 5.85. The van der Waals surface area contributed by atoms with Gasteiger partial charge < -0.3 is 10.6 Å². The van der Waals surface area contributed by atoms with Crippen molar-refractivity contribution in [3.05, 3.63) is 35.4 Å². The molecule has 94 valence electrons. The van der Waals surface area contributed by atoms with Gasteiger partial charge in [-0.05, 0) is 39.1 Å². The summed E-state index contributed by atoms with van der Waals surface area (Å²) in [6, 6.07) is 3.15. The van der Waals surface area contributed by atoms with Crippen molar-refractivity contribution in [2.75, 3.05) is 7.05 Å². The van der Waals surface area contributed by atoms with Crippen LogP contribution in [0.3, 0.4) is 0 Å². The number of nitrogens with one attached hydrogen (secondary N) is 2. The molecule has 0 spiro atoms. The molecule has 0 bridgehead atoms. The first kappa shape index (κ1) is 13.6. The van der Waals surface area contributed by atoms with Crippen LogP contribution in [0.15, 0.2) is 18.2 Å². The van der Waals surface area contributed by atoms with Crippen molar-refractivity contribution in [1.82, 2.24) is 10.6 Å². The van der Waals surface area contributed by atoms with Crippen LogP contribution in [-0.4, -0.2) is 18.5 Å². The van der Waals surface area contributed by atoms with E-state index in [0.29, 0.717) is 0 Å². The van der Waals surface area contributed by atoms with Gasteiger partial charge in [-0.1, -0.05) is 0 Å². The molecule has 5 heteroatoms. The Morgan fingerprint density at radius 1 is 1.35 bits per heavy atom. The molecule has 0 saturated heterocycles. The molecule has 0 saturated carbocycles. The molecule has 2 N–H and O–H groups in total. The Labute approximate surface area is 99.2 Å². The highest BCUT2D eigenvalue weighted by Crippen LogP contribution is 2.10. The minimum atomic E-state index is -0.746. The molecule has 0 aromatic heterocycles. The van der Waals surface area contributed by atoms with Crippen molar-refractivity contribution in [3.8, 4) is 0 Å². The number of carbonyl (C=O) groups is 1. The summed E-state index contributed by atoms with van der Waals surface area (Å²) in [4.78, 5) is 11.7. The maximum Gasteiger partial charge on any atom is 0.239 e. The van der Waals surface area contributed by atoms with Crippen LogP contribution in [0.4, 0.5) is 8.78 Å². The van der Waals surface area contributed by atoms with Crippen LogP contribution in [0.5, 0.6) is 0 Å². The van der Waals surface area contributed by atoms with Crippen LogP contribution in [0.2, 0.25) is 0 Å². The van der Waals surface area contributed by atoms with E-state index < -0.39 is 17.2 Å². The number of rotatable bonds is 4. The van der Waals surface area contributed by atoms with Crippen LogP contribution >= 0.6 is 0 Å². The minimum Gasteiger partial charge on any atom is -0.350 e. The Bertz CT molecular complexity index is 419. The van der Waals surface area contributed by atoms with E-state index in [2.05, 4.69) is 10.6 Å². The second-order valence-corrected chi connectivity index (χ2v) is 4.29. The quantitative estimate of drug-likeness (QED) is 0.841. The zero-order valence-corrected chi connectivity index (χ0v) is 10.1. The first-order valence-electron chi connectivity index (χ1n) is 5.28. The second-order valence-electron chi connectivity index (χ2n) is 4.29. The molecule has 1 aromatic carbocycles. The second kappa shape index (κ2) is 5.23. The summed E-state index contributed by atoms with van der Waals surface area (Å²) in [6.07, 6.45) is 0. The van der Waals surface area contributed by atoms with Gasteiger partial charge in [0.05, 0.1) is 5.54 Å². The number of likely N-dealkylation sites (N-methyl/N-ethyl adjacent to an activating group) is 1. The maximum absolute atomic E-state index is 13.3. The van der Waals surface area contributed by atoms with Crippen LogP contribution < -0.4 is 10.6 Å². The van der Waals surface area contributed by atoms with Gasteiger partial charge in [-0.15, -0.1) is 0 Å². The normalized spacial score (nSPS) is 11.4. The van der Waals surface area contributed by atoms with Gasteiger partial charge in [0.15, 0.2) is 0 Å². The number of hydrogen-bond acceptors (Lipinski definition) is 2. The zero-order chi connectivity index (χ0) is 13.1. The van der Waals surface area contributed by atoms with Crippen molar-refractivity contribution in [1.29, 1.82) is 0 Å². The van der Waals surface area contributed by atoms with Gasteiger partial charge in [0.2, 0.25) is 5.91 Å². The lowest BCUT2D eigenvalue weighted by atomic mass is 10.1. The molecule has 3 nitrogen and oxygen atoms in total. The van der Waals surface area contributed by atoms with Crippen LogP contribution in [0, 0.1) is 11.6 Å². The molecule has 0 atom stereocenters. The van der Waals surface area contributed by atoms with Gasteiger partial charge in [-0.25, -0.2) is 8.78 Å². The van der Waals surface area contributed by atoms with E-state index in [1.54, 1.807) is 20.9 Å². The average molecular weight is 242 g/mol. The maximum atomic E-state index is 13.3. The average Bonchev–Trinajstić information content (AvgIpc) is 2.29. The van der Waals surface area contributed by atoms with E-state index in [1.165, 1.54) is 0 Å². The Morgan fingerprint density at radius 3 is 2.59 bits per heavy atom. The molecular weight excluding hydrogens is 226 g/mol. The predicted octanol–water partition coefficient (Wildman–Crippen LogP) is 1.58. The monoisotopic (exact) mass is 242 g/mol. The molecule has 1 aromatic rings. The summed E-state index contributed by atoms with van der Waals surface area (Å²) in [5.74, 6) is -1.33. The summed E-state index contributed by atoms with van der Waals surface area (Å²) >= 11 is 0. The Kier molecular flexibility index (Phi) is 4.17. The standard InChI is InChI=1S/C12H16F2N2O/c1-12(2,15-3)11(17)16-7-8-6-9(13)4-5-10(8)14/h4-6,15H,7H2,1-3H3,(H,16,17). The zero-order valence-electron chi connectivity index (χ0n) is 10.1. The van der Waals surface area contributed by atoms with Gasteiger partial charge >= 0.3 is 0 Å². The van der Waals surface area contributed by atoms with Gasteiger partial charge in [-0.2, -0.15) is 0 Å². The number of halogens is 2. The van der Waals surface area contributed by atoms with Crippen molar-refractivity contribution in [3.63, 3.8) is 0 Å². The van der Waals surface area contributed by atoms with Crippen LogP contribution in [0.1, 0.15) is 19.4 Å². The third-order valence-corrected chi connectivity index (χ3v) is 2.64. The van der Waals surface area contributed by atoms with Crippen molar-refractivity contribution in [2.45, 2.75) is 25.9 Å². The lowest BCUT2D eigenvalue weighted by Crippen LogP contribution is -2.50. The van der Waals surface area contributed by atoms with E-state index in [1.807, 2.05) is 0 Å². The van der Waals surface area contributed by atoms with E-state index in [4.69, 9.17) is 0 Å². The van der Waals surface area contributed by atoms with Gasteiger partial charge in [0.25, 0.3) is 0 Å². The summed E-state index contributed by atoms with van der Waals surface area (Å²) in [7, 11) is 1.66. The molecule has 1 amide bonds. The van der Waals surface area contributed by atoms with Crippen molar-refractivity contribution < 1.29 is 13.6 Å². The first-order valence-corrected chi connectivity index (χ1v) is 5.28. The first-order chi connectivity index (χ1) is 7.86. The van der Waals surface area contributed by atoms with Crippen LogP contribution in [-0.2, 0) is 11.3 Å². The van der Waals surface area contributed by atoms with Gasteiger partial charge in [0, 0.05) is 12.1 Å². The van der Waals surface area contributed by atoms with Gasteiger partial charge in [-0.3, -0.25) is 4.79 Å². The van der Waals surface area contributed by atoms with Crippen LogP contribution in [0.25, 0.3) is 0 Å². The molecule has 0 fully saturated rings. The molecular formula is C12H16F2N2O. The minimum absolute atomic E-state index is 0.0342. The lowest BCUT2D eigenvalue weighted by Gasteiger charge is -2.22. The predicted molar refractivity (Wildman–Crippen MR) is 61.3 cm³/mol. The topological polar surface area (TPSA) is 41.1 Å². The molecule has 0 unspecified atom stereocenters. The van der Waals surface area contributed by atoms with Gasteiger partial charge in [0.1, 0.15) is 11.6 Å². The summed E-state index contributed by atoms with van der Waals surface area (Å²) in [5, 5.41) is 5.37. The third-order valence-electron chi connectivity index (χ3n) is 2.64. The fourth-order valence-electron chi connectivity index (χ4n) is 1.19. The number of hydrogen-bond donors (Lipinski definition) is 2. The van der Waals surface area contributed by atoms with E-state index in [0.717, 1.165) is 18.2 Å². The number of carbonyl (C=O) groups excluding carboxylic acids is 1. The Balaban J connectivity index is 2.68. The molecule has 0 heterocycles. The molecule has 17 heavy (non-hydrogen) atoms. The third kappa shape index (κ3) is 3.49.